The van der Waals surface area contributed by atoms with E-state index >= 15 is 0 Å². The molecule has 0 spiro atoms. The molecule has 0 aliphatic rings. The van der Waals surface area contributed by atoms with Gasteiger partial charge in [-0.1, -0.05) is 6.07 Å². The second-order valence-corrected chi connectivity index (χ2v) is 3.52. The molecule has 1 aromatic heterocycles. The fourth-order valence-electron chi connectivity index (χ4n) is 1.22. The van der Waals surface area contributed by atoms with Crippen LogP contribution in [0.2, 0.25) is 0 Å². The van der Waals surface area contributed by atoms with Crippen LogP contribution in [-0.2, 0) is 11.3 Å². The van der Waals surface area contributed by atoms with Crippen LogP contribution in [0.15, 0.2) is 18.2 Å². The Bertz CT molecular complexity index is 358. The van der Waals surface area contributed by atoms with Crippen molar-refractivity contribution in [1.82, 2.24) is 10.3 Å². The number of nitrogens with zero attached hydrogens (tertiary/aromatic N) is 1. The standard InChI is InChI=1S/C11H15F3N2O2/c1-17-10-4-2-3-9(16-10)7-15-5-6-18-8-11(12,13)14/h2-4,15H,5-8H2,1H3. The summed E-state index contributed by atoms with van der Waals surface area (Å²) in [6.45, 7) is -0.433. The molecule has 7 heteroatoms. The molecule has 0 aliphatic heterocycles. The second kappa shape index (κ2) is 7.17. The molecule has 0 amide bonds. The van der Waals surface area contributed by atoms with Crippen LogP contribution in [0.3, 0.4) is 0 Å². The average Bonchev–Trinajstić information content (AvgIpc) is 2.32. The first-order chi connectivity index (χ1) is 8.51. The van der Waals surface area contributed by atoms with Crippen LogP contribution in [0, 0.1) is 0 Å². The molecule has 102 valence electrons. The summed E-state index contributed by atoms with van der Waals surface area (Å²) < 4.78 is 44.6. The van der Waals surface area contributed by atoms with Crippen LogP contribution < -0.4 is 10.1 Å². The van der Waals surface area contributed by atoms with Crippen molar-refractivity contribution in [2.24, 2.45) is 0 Å². The van der Waals surface area contributed by atoms with Crippen molar-refractivity contribution in [2.45, 2.75) is 12.7 Å². The lowest BCUT2D eigenvalue weighted by molar-refractivity contribution is -0.173. The van der Waals surface area contributed by atoms with Crippen molar-refractivity contribution in [1.29, 1.82) is 0 Å². The van der Waals surface area contributed by atoms with E-state index in [9.17, 15) is 13.2 Å². The number of hydrogen-bond donors (Lipinski definition) is 1. The Balaban J connectivity index is 2.14. The van der Waals surface area contributed by atoms with Gasteiger partial charge in [0.1, 0.15) is 6.61 Å². The normalized spacial score (nSPS) is 11.6. The number of methoxy groups -OCH3 is 1. The van der Waals surface area contributed by atoms with Crippen LogP contribution in [-0.4, -0.2) is 38.0 Å². The molecule has 0 saturated heterocycles. The summed E-state index contributed by atoms with van der Waals surface area (Å²) in [6.07, 6.45) is -4.27. The Kier molecular flexibility index (Phi) is 5.87. The minimum atomic E-state index is -4.27. The third kappa shape index (κ3) is 6.41. The predicted octanol–water partition coefficient (Wildman–Crippen LogP) is 1.76. The van der Waals surface area contributed by atoms with Gasteiger partial charge >= 0.3 is 6.18 Å². The third-order valence-corrected chi connectivity index (χ3v) is 1.99. The van der Waals surface area contributed by atoms with Gasteiger partial charge in [-0.2, -0.15) is 13.2 Å². The van der Waals surface area contributed by atoms with E-state index < -0.39 is 12.8 Å². The lowest BCUT2D eigenvalue weighted by Gasteiger charge is -2.08. The molecular weight excluding hydrogens is 249 g/mol. The molecule has 0 aliphatic carbocycles. The number of hydrogen-bond acceptors (Lipinski definition) is 4. The highest BCUT2D eigenvalue weighted by molar-refractivity contribution is 5.15. The van der Waals surface area contributed by atoms with E-state index in [2.05, 4.69) is 15.0 Å². The van der Waals surface area contributed by atoms with Crippen LogP contribution in [0.4, 0.5) is 13.2 Å². The maximum Gasteiger partial charge on any atom is 0.411 e. The monoisotopic (exact) mass is 264 g/mol. The molecule has 1 aromatic rings. The summed E-state index contributed by atoms with van der Waals surface area (Å²) in [7, 11) is 1.52. The minimum Gasteiger partial charge on any atom is -0.481 e. The van der Waals surface area contributed by atoms with Gasteiger partial charge in [0.05, 0.1) is 19.4 Å². The van der Waals surface area contributed by atoms with Crippen LogP contribution >= 0.6 is 0 Å². The van der Waals surface area contributed by atoms with Crippen LogP contribution in [0.25, 0.3) is 0 Å². The largest absolute Gasteiger partial charge is 0.481 e. The van der Waals surface area contributed by atoms with Gasteiger partial charge in [0.2, 0.25) is 5.88 Å². The molecule has 18 heavy (non-hydrogen) atoms. The lowest BCUT2D eigenvalue weighted by atomic mass is 10.3. The maximum absolute atomic E-state index is 11.7. The Morgan fingerprint density at radius 3 is 2.78 bits per heavy atom. The van der Waals surface area contributed by atoms with Crippen molar-refractivity contribution >= 4 is 0 Å². The van der Waals surface area contributed by atoms with E-state index in [4.69, 9.17) is 4.74 Å². The van der Waals surface area contributed by atoms with Crippen LogP contribution in [0.5, 0.6) is 5.88 Å². The smallest absolute Gasteiger partial charge is 0.411 e. The van der Waals surface area contributed by atoms with Gasteiger partial charge in [-0.05, 0) is 6.07 Å². The average molecular weight is 264 g/mol. The van der Waals surface area contributed by atoms with E-state index in [1.165, 1.54) is 7.11 Å². The lowest BCUT2D eigenvalue weighted by Crippen LogP contribution is -2.23. The number of alkyl halides is 3. The van der Waals surface area contributed by atoms with Gasteiger partial charge in [-0.25, -0.2) is 4.98 Å². The Hall–Kier alpha value is -1.34. The Morgan fingerprint density at radius 1 is 1.33 bits per heavy atom. The number of rotatable bonds is 7. The zero-order chi connectivity index (χ0) is 13.4. The molecule has 0 unspecified atom stereocenters. The van der Waals surface area contributed by atoms with Gasteiger partial charge < -0.3 is 14.8 Å². The molecule has 4 nitrogen and oxygen atoms in total. The summed E-state index contributed by atoms with van der Waals surface area (Å²) in [6, 6.07) is 5.31. The molecular formula is C11H15F3N2O2. The van der Waals surface area contributed by atoms with Crippen molar-refractivity contribution < 1.29 is 22.6 Å². The number of ether oxygens (including phenoxy) is 2. The summed E-state index contributed by atoms with van der Waals surface area (Å²) in [4.78, 5) is 4.14. The molecule has 0 atom stereocenters. The number of aromatic nitrogens is 1. The van der Waals surface area contributed by atoms with Gasteiger partial charge in [0.25, 0.3) is 0 Å². The Labute approximate surface area is 103 Å². The first kappa shape index (κ1) is 14.7. The topological polar surface area (TPSA) is 43.4 Å². The van der Waals surface area contributed by atoms with Crippen LogP contribution in [0.1, 0.15) is 5.69 Å². The minimum absolute atomic E-state index is 0.00345. The number of pyridine rings is 1. The summed E-state index contributed by atoms with van der Waals surface area (Å²) in [5, 5.41) is 2.93. The number of halogens is 3. The van der Waals surface area contributed by atoms with Gasteiger partial charge in [0, 0.05) is 19.2 Å². The highest BCUT2D eigenvalue weighted by atomic mass is 19.4. The molecule has 0 bridgehead atoms. The Morgan fingerprint density at radius 2 is 2.11 bits per heavy atom. The molecule has 0 fully saturated rings. The van der Waals surface area contributed by atoms with Gasteiger partial charge in [-0.3, -0.25) is 0 Å². The highest BCUT2D eigenvalue weighted by Gasteiger charge is 2.27. The zero-order valence-electron chi connectivity index (χ0n) is 9.96. The van der Waals surface area contributed by atoms with E-state index in [1.807, 2.05) is 0 Å². The van der Waals surface area contributed by atoms with E-state index in [-0.39, 0.29) is 6.61 Å². The van der Waals surface area contributed by atoms with Gasteiger partial charge in [0.15, 0.2) is 0 Å². The molecule has 1 rings (SSSR count). The van der Waals surface area contributed by atoms with E-state index in [1.54, 1.807) is 18.2 Å². The molecule has 1 N–H and O–H groups in total. The van der Waals surface area contributed by atoms with E-state index in [0.29, 0.717) is 19.0 Å². The summed E-state index contributed by atoms with van der Waals surface area (Å²) in [5.41, 5.74) is 0.755. The quantitative estimate of drug-likeness (QED) is 0.762. The number of nitrogens with one attached hydrogen (secondary N) is 1. The first-order valence-corrected chi connectivity index (χ1v) is 5.36. The van der Waals surface area contributed by atoms with Gasteiger partial charge in [-0.15, -0.1) is 0 Å². The summed E-state index contributed by atoms with van der Waals surface area (Å²) >= 11 is 0. The molecule has 0 saturated carbocycles. The van der Waals surface area contributed by atoms with Crippen molar-refractivity contribution in [3.63, 3.8) is 0 Å². The second-order valence-electron chi connectivity index (χ2n) is 3.52. The van der Waals surface area contributed by atoms with E-state index in [0.717, 1.165) is 5.69 Å². The fraction of sp³-hybridized carbons (Fsp3) is 0.545. The van der Waals surface area contributed by atoms with Crippen molar-refractivity contribution in [3.8, 4) is 5.88 Å². The fourth-order valence-corrected chi connectivity index (χ4v) is 1.22. The maximum atomic E-state index is 11.7. The van der Waals surface area contributed by atoms with Crippen molar-refractivity contribution in [3.05, 3.63) is 23.9 Å². The highest BCUT2D eigenvalue weighted by Crippen LogP contribution is 2.13. The zero-order valence-corrected chi connectivity index (χ0v) is 9.96. The summed E-state index contributed by atoms with van der Waals surface area (Å²) in [5.74, 6) is 0.502. The third-order valence-electron chi connectivity index (χ3n) is 1.99. The molecule has 0 aromatic carbocycles. The van der Waals surface area contributed by atoms with Crippen molar-refractivity contribution in [2.75, 3.05) is 26.9 Å². The molecule has 1 heterocycles. The molecule has 0 radical (unpaired) electrons. The SMILES string of the molecule is COc1cccc(CNCCOCC(F)(F)F)n1. The predicted molar refractivity (Wildman–Crippen MR) is 59.4 cm³/mol. The first-order valence-electron chi connectivity index (χ1n) is 5.36.